The summed E-state index contributed by atoms with van der Waals surface area (Å²) in [6.45, 7) is 1.50. The van der Waals surface area contributed by atoms with Crippen LogP contribution in [0.3, 0.4) is 0 Å². The second kappa shape index (κ2) is 10.0. The van der Waals surface area contributed by atoms with Gasteiger partial charge in [-0.1, -0.05) is 96.2 Å². The number of aliphatic hydroxyl groups is 1. The fourth-order valence-electron chi connectivity index (χ4n) is 3.79. The Morgan fingerprint density at radius 2 is 1.37 bits per heavy atom. The molecule has 3 aromatic carbocycles. The van der Waals surface area contributed by atoms with Gasteiger partial charge in [-0.15, -0.1) is 0 Å². The topological polar surface area (TPSA) is 49.5 Å². The Morgan fingerprint density at radius 3 is 1.93 bits per heavy atom. The summed E-state index contributed by atoms with van der Waals surface area (Å²) in [4.78, 5) is 2.34. The van der Waals surface area contributed by atoms with Gasteiger partial charge < -0.3 is 9.63 Å². The molecule has 0 bridgehead atoms. The maximum absolute atomic E-state index is 9.49. The zero-order valence-electron chi connectivity index (χ0n) is 16.9. The summed E-state index contributed by atoms with van der Waals surface area (Å²) in [5.41, 5.74) is 4.30. The van der Waals surface area contributed by atoms with Crippen molar-refractivity contribution in [2.45, 2.75) is 19.0 Å². The van der Waals surface area contributed by atoms with Gasteiger partial charge in [0.1, 0.15) is 5.69 Å². The average molecular weight is 399 g/mol. The molecule has 0 amide bonds. The Bertz CT molecular complexity index is 977. The van der Waals surface area contributed by atoms with Crippen LogP contribution in [-0.2, 0) is 6.54 Å². The molecule has 0 aliphatic heterocycles. The standard InChI is InChI=1S/C26H26N2O2/c29-18-10-17-28(20-24-19-25(27-30-24)21-11-4-1-5-12-21)26(22-13-6-2-7-14-22)23-15-8-3-9-16-23/h1-9,11-16,19,26,29H,10,17-18,20H2. The molecule has 30 heavy (non-hydrogen) atoms. The van der Waals surface area contributed by atoms with Crippen molar-refractivity contribution in [1.82, 2.24) is 10.1 Å². The Balaban J connectivity index is 1.65. The molecule has 0 atom stereocenters. The van der Waals surface area contributed by atoms with Gasteiger partial charge in [0.15, 0.2) is 5.76 Å². The van der Waals surface area contributed by atoms with Crippen LogP contribution in [0, 0.1) is 0 Å². The van der Waals surface area contributed by atoms with Crippen molar-refractivity contribution in [2.24, 2.45) is 0 Å². The fourth-order valence-corrected chi connectivity index (χ4v) is 3.79. The molecule has 4 nitrogen and oxygen atoms in total. The molecule has 0 saturated carbocycles. The lowest BCUT2D eigenvalue weighted by Crippen LogP contribution is -2.30. The lowest BCUT2D eigenvalue weighted by atomic mass is 9.96. The lowest BCUT2D eigenvalue weighted by molar-refractivity contribution is 0.170. The van der Waals surface area contributed by atoms with Crippen molar-refractivity contribution in [2.75, 3.05) is 13.2 Å². The van der Waals surface area contributed by atoms with Crippen LogP contribution >= 0.6 is 0 Å². The summed E-state index contributed by atoms with van der Waals surface area (Å²) in [5.74, 6) is 0.809. The molecule has 4 aromatic rings. The largest absolute Gasteiger partial charge is 0.396 e. The third-order valence-corrected chi connectivity index (χ3v) is 5.19. The predicted octanol–water partition coefficient (Wildman–Crippen LogP) is 5.32. The zero-order chi connectivity index (χ0) is 20.6. The van der Waals surface area contributed by atoms with Crippen LogP contribution in [0.1, 0.15) is 29.3 Å². The molecule has 0 radical (unpaired) electrons. The van der Waals surface area contributed by atoms with E-state index in [2.05, 4.69) is 58.6 Å². The van der Waals surface area contributed by atoms with E-state index in [4.69, 9.17) is 4.52 Å². The highest BCUT2D eigenvalue weighted by atomic mass is 16.5. The van der Waals surface area contributed by atoms with Crippen molar-refractivity contribution < 1.29 is 9.63 Å². The van der Waals surface area contributed by atoms with E-state index >= 15 is 0 Å². The molecule has 0 unspecified atom stereocenters. The van der Waals surface area contributed by atoms with E-state index < -0.39 is 0 Å². The molecule has 0 saturated heterocycles. The molecular weight excluding hydrogens is 372 g/mol. The summed E-state index contributed by atoms with van der Waals surface area (Å²) >= 11 is 0. The van der Waals surface area contributed by atoms with Crippen LogP contribution in [0.5, 0.6) is 0 Å². The fraction of sp³-hybridized carbons (Fsp3) is 0.192. The molecular formula is C26H26N2O2. The summed E-state index contributed by atoms with van der Waals surface area (Å²) in [6, 6.07) is 33.1. The lowest BCUT2D eigenvalue weighted by Gasteiger charge is -2.31. The molecule has 152 valence electrons. The summed E-state index contributed by atoms with van der Waals surface area (Å²) < 4.78 is 5.70. The van der Waals surface area contributed by atoms with Gasteiger partial charge in [-0.25, -0.2) is 0 Å². The third kappa shape index (κ3) is 4.85. The summed E-state index contributed by atoms with van der Waals surface area (Å²) in [6.07, 6.45) is 0.690. The Kier molecular flexibility index (Phi) is 6.70. The molecule has 0 fully saturated rings. The van der Waals surface area contributed by atoms with Crippen molar-refractivity contribution in [3.05, 3.63) is 114 Å². The number of benzene rings is 3. The molecule has 0 aliphatic rings. The summed E-state index contributed by atoms with van der Waals surface area (Å²) in [5, 5.41) is 13.8. The zero-order valence-corrected chi connectivity index (χ0v) is 16.9. The second-order valence-corrected chi connectivity index (χ2v) is 7.32. The second-order valence-electron chi connectivity index (χ2n) is 7.32. The van der Waals surface area contributed by atoms with Gasteiger partial charge in [0.25, 0.3) is 0 Å². The van der Waals surface area contributed by atoms with Crippen LogP contribution in [0.15, 0.2) is 102 Å². The molecule has 1 N–H and O–H groups in total. The first-order valence-electron chi connectivity index (χ1n) is 10.3. The van der Waals surface area contributed by atoms with E-state index in [9.17, 15) is 5.11 Å². The van der Waals surface area contributed by atoms with Crippen LogP contribution in [0.2, 0.25) is 0 Å². The van der Waals surface area contributed by atoms with Gasteiger partial charge >= 0.3 is 0 Å². The Labute approximate surface area is 177 Å². The molecule has 4 heteroatoms. The van der Waals surface area contributed by atoms with Crippen LogP contribution in [-0.4, -0.2) is 28.3 Å². The van der Waals surface area contributed by atoms with E-state index in [-0.39, 0.29) is 12.6 Å². The maximum Gasteiger partial charge on any atom is 0.151 e. The number of aliphatic hydroxyl groups excluding tert-OH is 1. The van der Waals surface area contributed by atoms with E-state index in [1.807, 2.05) is 48.5 Å². The first-order chi connectivity index (χ1) is 14.8. The Morgan fingerprint density at radius 1 is 0.800 bits per heavy atom. The van der Waals surface area contributed by atoms with Gasteiger partial charge in [0.2, 0.25) is 0 Å². The quantitative estimate of drug-likeness (QED) is 0.415. The number of rotatable bonds is 9. The molecule has 1 aromatic heterocycles. The predicted molar refractivity (Wildman–Crippen MR) is 119 cm³/mol. The highest BCUT2D eigenvalue weighted by Crippen LogP contribution is 2.31. The Hall–Kier alpha value is -3.21. The minimum atomic E-state index is 0.0595. The number of aromatic nitrogens is 1. The van der Waals surface area contributed by atoms with Gasteiger partial charge in [-0.2, -0.15) is 0 Å². The highest BCUT2D eigenvalue weighted by Gasteiger charge is 2.23. The van der Waals surface area contributed by atoms with Crippen molar-refractivity contribution in [3.8, 4) is 11.3 Å². The molecule has 0 aliphatic carbocycles. The first kappa shape index (κ1) is 20.1. The number of nitrogens with zero attached hydrogens (tertiary/aromatic N) is 2. The van der Waals surface area contributed by atoms with Crippen LogP contribution < -0.4 is 0 Å². The van der Waals surface area contributed by atoms with Crippen molar-refractivity contribution in [3.63, 3.8) is 0 Å². The first-order valence-corrected chi connectivity index (χ1v) is 10.3. The minimum Gasteiger partial charge on any atom is -0.396 e. The van der Waals surface area contributed by atoms with E-state index in [1.165, 1.54) is 11.1 Å². The van der Waals surface area contributed by atoms with Crippen molar-refractivity contribution >= 4 is 0 Å². The molecule has 4 rings (SSSR count). The maximum atomic E-state index is 9.49. The third-order valence-electron chi connectivity index (χ3n) is 5.19. The van der Waals surface area contributed by atoms with Gasteiger partial charge in [-0.05, 0) is 17.5 Å². The van der Waals surface area contributed by atoms with Gasteiger partial charge in [-0.3, -0.25) is 4.90 Å². The number of hydrogen-bond donors (Lipinski definition) is 1. The SMILES string of the molecule is OCCCN(Cc1cc(-c2ccccc2)no1)C(c1ccccc1)c1ccccc1. The van der Waals surface area contributed by atoms with E-state index in [1.54, 1.807) is 0 Å². The van der Waals surface area contributed by atoms with Crippen LogP contribution in [0.25, 0.3) is 11.3 Å². The minimum absolute atomic E-state index is 0.0595. The number of hydrogen-bond acceptors (Lipinski definition) is 4. The van der Waals surface area contributed by atoms with Crippen molar-refractivity contribution in [1.29, 1.82) is 0 Å². The van der Waals surface area contributed by atoms with E-state index in [0.717, 1.165) is 23.6 Å². The summed E-state index contributed by atoms with van der Waals surface area (Å²) in [7, 11) is 0. The smallest absolute Gasteiger partial charge is 0.151 e. The average Bonchev–Trinajstić information content (AvgIpc) is 3.28. The highest BCUT2D eigenvalue weighted by molar-refractivity contribution is 5.58. The molecule has 0 spiro atoms. The normalized spacial score (nSPS) is 11.3. The monoisotopic (exact) mass is 398 g/mol. The van der Waals surface area contributed by atoms with Crippen LogP contribution in [0.4, 0.5) is 0 Å². The van der Waals surface area contributed by atoms with Gasteiger partial charge in [0, 0.05) is 24.8 Å². The van der Waals surface area contributed by atoms with E-state index in [0.29, 0.717) is 13.0 Å². The van der Waals surface area contributed by atoms with Gasteiger partial charge in [0.05, 0.1) is 12.6 Å². The molecule has 1 heterocycles.